The number of methoxy groups -OCH3 is 2. The van der Waals surface area contributed by atoms with E-state index in [0.29, 0.717) is 17.4 Å². The maximum Gasteiger partial charge on any atom is 0.183 e. The van der Waals surface area contributed by atoms with E-state index in [2.05, 4.69) is 0 Å². The second-order valence-corrected chi connectivity index (χ2v) is 8.97. The first-order valence-electron chi connectivity index (χ1n) is 9.44. The molecular weight excluding hydrogens is 374 g/mol. The summed E-state index contributed by atoms with van der Waals surface area (Å²) in [6, 6.07) is 9.32. The Hall–Kier alpha value is -2.11. The highest BCUT2D eigenvalue weighted by molar-refractivity contribution is 5.75. The van der Waals surface area contributed by atoms with Gasteiger partial charge >= 0.3 is 0 Å². The van der Waals surface area contributed by atoms with E-state index < -0.39 is 6.29 Å². The predicted molar refractivity (Wildman–Crippen MR) is 112 cm³/mol. The molecule has 0 aliphatic rings. The van der Waals surface area contributed by atoms with Crippen molar-refractivity contribution in [2.75, 3.05) is 14.2 Å². The van der Waals surface area contributed by atoms with E-state index in [1.807, 2.05) is 47.6 Å². The standard InChI is InChI=1S/C13H19FO2.C11H13FO/c1-13(2,3)10-6-9(7-11(14)8-10)12(15-4)16-5;1-11(2,3)9-4-8(7-13)5-10(12)6-9/h6-8,12H,1-5H3;4-7H,1-3H3. The summed E-state index contributed by atoms with van der Waals surface area (Å²) in [5, 5.41) is 0. The molecular formula is C24H32F2O3. The van der Waals surface area contributed by atoms with Gasteiger partial charge in [0, 0.05) is 25.3 Å². The molecule has 2 aromatic rings. The molecule has 2 rings (SSSR count). The van der Waals surface area contributed by atoms with Crippen LogP contribution < -0.4 is 0 Å². The lowest BCUT2D eigenvalue weighted by atomic mass is 9.86. The van der Waals surface area contributed by atoms with Crippen molar-refractivity contribution in [1.29, 1.82) is 0 Å². The highest BCUT2D eigenvalue weighted by atomic mass is 19.1. The number of carbonyl (C=O) groups is 1. The summed E-state index contributed by atoms with van der Waals surface area (Å²) >= 11 is 0. The van der Waals surface area contributed by atoms with Gasteiger partial charge in [0.1, 0.15) is 17.9 Å². The minimum atomic E-state index is -0.517. The van der Waals surface area contributed by atoms with Crippen LogP contribution in [-0.4, -0.2) is 20.5 Å². The molecule has 0 atom stereocenters. The lowest BCUT2D eigenvalue weighted by Crippen LogP contribution is -2.13. The van der Waals surface area contributed by atoms with E-state index in [1.54, 1.807) is 12.1 Å². The van der Waals surface area contributed by atoms with Crippen LogP contribution in [0.15, 0.2) is 36.4 Å². The summed E-state index contributed by atoms with van der Waals surface area (Å²) in [6.45, 7) is 12.1. The van der Waals surface area contributed by atoms with Crippen molar-refractivity contribution < 1.29 is 23.0 Å². The van der Waals surface area contributed by atoms with E-state index in [4.69, 9.17) is 9.47 Å². The molecule has 0 aliphatic carbocycles. The molecule has 160 valence electrons. The van der Waals surface area contributed by atoms with Crippen LogP contribution in [0.25, 0.3) is 0 Å². The normalized spacial score (nSPS) is 11.8. The molecule has 0 aromatic heterocycles. The zero-order valence-electron chi connectivity index (χ0n) is 18.6. The molecule has 0 amide bonds. The van der Waals surface area contributed by atoms with Gasteiger partial charge < -0.3 is 9.47 Å². The SMILES string of the molecule is CC(C)(C)c1cc(F)cc(C=O)c1.COC(OC)c1cc(F)cc(C(C)(C)C)c1. The number of benzene rings is 2. The predicted octanol–water partition coefficient (Wildman–Crippen LogP) is 6.35. The second-order valence-electron chi connectivity index (χ2n) is 8.97. The lowest BCUT2D eigenvalue weighted by Gasteiger charge is -2.22. The van der Waals surface area contributed by atoms with Crippen LogP contribution in [0.1, 0.15) is 74.9 Å². The first kappa shape index (κ1) is 24.9. The van der Waals surface area contributed by atoms with Crippen molar-refractivity contribution in [2.45, 2.75) is 58.7 Å². The summed E-state index contributed by atoms with van der Waals surface area (Å²) in [6.07, 6.45) is 0.148. The summed E-state index contributed by atoms with van der Waals surface area (Å²) in [7, 11) is 3.08. The molecule has 0 heterocycles. The highest BCUT2D eigenvalue weighted by Crippen LogP contribution is 2.28. The van der Waals surface area contributed by atoms with E-state index in [0.717, 1.165) is 11.1 Å². The Morgan fingerprint density at radius 1 is 0.759 bits per heavy atom. The third-order valence-corrected chi connectivity index (χ3v) is 4.41. The van der Waals surface area contributed by atoms with Gasteiger partial charge in [-0.25, -0.2) is 8.78 Å². The molecule has 0 N–H and O–H groups in total. The molecule has 0 saturated carbocycles. The quantitative estimate of drug-likeness (QED) is 0.438. The summed E-state index contributed by atoms with van der Waals surface area (Å²) in [4.78, 5) is 10.5. The third-order valence-electron chi connectivity index (χ3n) is 4.41. The van der Waals surface area contributed by atoms with E-state index in [9.17, 15) is 13.6 Å². The first-order valence-corrected chi connectivity index (χ1v) is 9.44. The zero-order chi connectivity index (χ0) is 22.4. The van der Waals surface area contributed by atoms with Crippen LogP contribution in [0.3, 0.4) is 0 Å². The fourth-order valence-corrected chi connectivity index (χ4v) is 2.66. The van der Waals surface area contributed by atoms with Crippen molar-refractivity contribution in [3.63, 3.8) is 0 Å². The van der Waals surface area contributed by atoms with E-state index >= 15 is 0 Å². The van der Waals surface area contributed by atoms with Crippen molar-refractivity contribution in [2.24, 2.45) is 0 Å². The van der Waals surface area contributed by atoms with Crippen LogP contribution >= 0.6 is 0 Å². The first-order chi connectivity index (χ1) is 13.3. The summed E-state index contributed by atoms with van der Waals surface area (Å²) < 4.78 is 36.7. The molecule has 2 aromatic carbocycles. The van der Waals surface area contributed by atoms with Crippen LogP contribution in [-0.2, 0) is 20.3 Å². The minimum absolute atomic E-state index is 0.0944. The Bertz CT molecular complexity index is 814. The number of aldehydes is 1. The molecule has 0 radical (unpaired) electrons. The van der Waals surface area contributed by atoms with Gasteiger partial charge in [-0.05, 0) is 52.3 Å². The molecule has 0 fully saturated rings. The fourth-order valence-electron chi connectivity index (χ4n) is 2.66. The zero-order valence-corrected chi connectivity index (χ0v) is 18.6. The largest absolute Gasteiger partial charge is 0.352 e. The van der Waals surface area contributed by atoms with E-state index in [-0.39, 0.29) is 22.5 Å². The Morgan fingerprint density at radius 2 is 1.21 bits per heavy atom. The lowest BCUT2D eigenvalue weighted by molar-refractivity contribution is -0.106. The minimum Gasteiger partial charge on any atom is -0.352 e. The molecule has 5 heteroatoms. The van der Waals surface area contributed by atoms with Gasteiger partial charge in [0.15, 0.2) is 6.29 Å². The summed E-state index contributed by atoms with van der Waals surface area (Å²) in [5.41, 5.74) is 2.65. The number of hydrogen-bond donors (Lipinski definition) is 0. The number of hydrogen-bond acceptors (Lipinski definition) is 3. The van der Waals surface area contributed by atoms with Crippen molar-refractivity contribution >= 4 is 6.29 Å². The van der Waals surface area contributed by atoms with Crippen LogP contribution in [0, 0.1) is 11.6 Å². The van der Waals surface area contributed by atoms with Gasteiger partial charge in [-0.15, -0.1) is 0 Å². The molecule has 0 spiro atoms. The smallest absolute Gasteiger partial charge is 0.183 e. The Balaban J connectivity index is 0.000000296. The van der Waals surface area contributed by atoms with Gasteiger partial charge in [-0.2, -0.15) is 0 Å². The van der Waals surface area contributed by atoms with Crippen LogP contribution in [0.4, 0.5) is 8.78 Å². The van der Waals surface area contributed by atoms with Gasteiger partial charge in [-0.1, -0.05) is 47.6 Å². The van der Waals surface area contributed by atoms with Gasteiger partial charge in [0.2, 0.25) is 0 Å². The molecule has 3 nitrogen and oxygen atoms in total. The molecule has 0 unspecified atom stereocenters. The van der Waals surface area contributed by atoms with Gasteiger partial charge in [0.05, 0.1) is 0 Å². The maximum absolute atomic E-state index is 13.5. The molecule has 29 heavy (non-hydrogen) atoms. The Labute approximate surface area is 173 Å². The van der Waals surface area contributed by atoms with Crippen molar-refractivity contribution in [3.8, 4) is 0 Å². The van der Waals surface area contributed by atoms with Gasteiger partial charge in [0.25, 0.3) is 0 Å². The Kier molecular flexibility index (Phi) is 8.66. The molecule has 0 saturated heterocycles. The average Bonchev–Trinajstić information content (AvgIpc) is 2.61. The topological polar surface area (TPSA) is 35.5 Å². The van der Waals surface area contributed by atoms with Crippen LogP contribution in [0.2, 0.25) is 0 Å². The number of rotatable bonds is 4. The van der Waals surface area contributed by atoms with E-state index in [1.165, 1.54) is 32.4 Å². The molecule has 0 bridgehead atoms. The van der Waals surface area contributed by atoms with Crippen molar-refractivity contribution in [3.05, 3.63) is 70.3 Å². The van der Waals surface area contributed by atoms with Crippen LogP contribution in [0.5, 0.6) is 0 Å². The van der Waals surface area contributed by atoms with Crippen molar-refractivity contribution in [1.82, 2.24) is 0 Å². The Morgan fingerprint density at radius 3 is 1.62 bits per heavy atom. The average molecular weight is 407 g/mol. The maximum atomic E-state index is 13.5. The number of ether oxygens (including phenoxy) is 2. The second kappa shape index (κ2) is 10.1. The fraction of sp³-hybridized carbons (Fsp3) is 0.458. The van der Waals surface area contributed by atoms with Gasteiger partial charge in [-0.3, -0.25) is 4.79 Å². The molecule has 0 aliphatic heterocycles. The monoisotopic (exact) mass is 406 g/mol. The summed E-state index contributed by atoms with van der Waals surface area (Å²) in [5.74, 6) is -0.615. The number of halogens is 2. The third kappa shape index (κ3) is 7.67. The highest BCUT2D eigenvalue weighted by Gasteiger charge is 2.18. The number of carbonyl (C=O) groups excluding carboxylic acids is 1.